The summed E-state index contributed by atoms with van der Waals surface area (Å²) in [6.45, 7) is 3.72. The fraction of sp³-hybridized carbons (Fsp3) is 0.231. The van der Waals surface area contributed by atoms with Crippen molar-refractivity contribution < 1.29 is 9.47 Å². The van der Waals surface area contributed by atoms with Crippen LogP contribution in [0.4, 0.5) is 5.69 Å². The molecule has 0 atom stereocenters. The Morgan fingerprint density at radius 2 is 1.62 bits per heavy atom. The molecule has 8 heteroatoms. The van der Waals surface area contributed by atoms with E-state index in [9.17, 15) is 0 Å². The normalized spacial score (nSPS) is 10.8. The summed E-state index contributed by atoms with van der Waals surface area (Å²) in [5, 5.41) is 0.921. The number of rotatable bonds is 4. The van der Waals surface area contributed by atoms with Gasteiger partial charge in [-0.1, -0.05) is 34.8 Å². The van der Waals surface area contributed by atoms with Gasteiger partial charge in [0.1, 0.15) is 12.1 Å². The van der Waals surface area contributed by atoms with Crippen molar-refractivity contribution in [3.63, 3.8) is 0 Å². The van der Waals surface area contributed by atoms with Gasteiger partial charge in [0.25, 0.3) is 0 Å². The minimum atomic E-state index is -0.0800. The van der Waals surface area contributed by atoms with Gasteiger partial charge in [-0.25, -0.2) is 0 Å². The Morgan fingerprint density at radius 3 is 2.29 bits per heavy atom. The van der Waals surface area contributed by atoms with Gasteiger partial charge in [0, 0.05) is 6.07 Å². The number of nitrogen functional groups attached to an aromatic ring is 1. The molecule has 1 aromatic heterocycles. The highest BCUT2D eigenvalue weighted by Gasteiger charge is 2.15. The lowest BCUT2D eigenvalue weighted by atomic mass is 10.3. The summed E-state index contributed by atoms with van der Waals surface area (Å²) in [7, 11) is 0. The van der Waals surface area contributed by atoms with Gasteiger partial charge in [-0.2, -0.15) is 9.97 Å². The molecule has 0 fully saturated rings. The second kappa shape index (κ2) is 6.56. The number of hydrogen-bond donors (Lipinski definition) is 1. The maximum atomic E-state index is 6.04. The van der Waals surface area contributed by atoms with Crippen LogP contribution in [0.1, 0.15) is 13.8 Å². The second-order valence-corrected chi connectivity index (χ2v) is 5.58. The van der Waals surface area contributed by atoms with E-state index < -0.39 is 0 Å². The minimum Gasteiger partial charge on any atom is -0.473 e. The molecule has 0 saturated heterocycles. The molecular formula is C13H12Cl3N3O2. The Balaban J connectivity index is 2.34. The molecule has 0 aliphatic carbocycles. The third-order valence-corrected chi connectivity index (χ3v) is 3.36. The first-order valence-electron chi connectivity index (χ1n) is 5.98. The van der Waals surface area contributed by atoms with Crippen LogP contribution < -0.4 is 15.2 Å². The van der Waals surface area contributed by atoms with E-state index in [1.807, 2.05) is 13.8 Å². The summed E-state index contributed by atoms with van der Waals surface area (Å²) >= 11 is 17.8. The van der Waals surface area contributed by atoms with E-state index in [4.69, 9.17) is 50.0 Å². The van der Waals surface area contributed by atoms with Crippen LogP contribution in [0.15, 0.2) is 18.5 Å². The van der Waals surface area contributed by atoms with Crippen LogP contribution in [0, 0.1) is 0 Å². The van der Waals surface area contributed by atoms with E-state index in [1.165, 1.54) is 18.5 Å². The van der Waals surface area contributed by atoms with E-state index >= 15 is 0 Å². The third kappa shape index (κ3) is 3.81. The van der Waals surface area contributed by atoms with Gasteiger partial charge in [0.2, 0.25) is 11.8 Å². The molecule has 0 aliphatic heterocycles. The van der Waals surface area contributed by atoms with Gasteiger partial charge in [-0.3, -0.25) is 0 Å². The molecule has 1 aromatic carbocycles. The van der Waals surface area contributed by atoms with E-state index in [1.54, 1.807) is 0 Å². The van der Waals surface area contributed by atoms with Gasteiger partial charge < -0.3 is 15.2 Å². The topological polar surface area (TPSA) is 70.3 Å². The Kier molecular flexibility index (Phi) is 4.98. The Bertz CT molecular complexity index is 665. The number of hydrogen-bond acceptors (Lipinski definition) is 5. The average molecular weight is 349 g/mol. The second-order valence-electron chi connectivity index (χ2n) is 4.36. The van der Waals surface area contributed by atoms with Crippen LogP contribution in [-0.4, -0.2) is 16.1 Å². The molecule has 2 rings (SSSR count). The summed E-state index contributed by atoms with van der Waals surface area (Å²) in [6, 6.07) is 2.96. The molecule has 2 N–H and O–H groups in total. The number of benzene rings is 1. The molecular weight excluding hydrogens is 337 g/mol. The number of halogens is 3. The van der Waals surface area contributed by atoms with Crippen LogP contribution in [0.3, 0.4) is 0 Å². The molecule has 0 spiro atoms. The highest BCUT2D eigenvalue weighted by Crippen LogP contribution is 2.38. The maximum absolute atomic E-state index is 6.04. The molecule has 0 radical (unpaired) electrons. The maximum Gasteiger partial charge on any atom is 0.249 e. The number of anilines is 1. The fourth-order valence-electron chi connectivity index (χ4n) is 1.45. The zero-order valence-corrected chi connectivity index (χ0v) is 13.5. The molecule has 0 unspecified atom stereocenters. The number of nitrogens with two attached hydrogens (primary N) is 1. The van der Waals surface area contributed by atoms with Crippen LogP contribution in [0.5, 0.6) is 17.5 Å². The Labute approximate surface area is 136 Å². The third-order valence-electron chi connectivity index (χ3n) is 2.34. The minimum absolute atomic E-state index is 0.0800. The Morgan fingerprint density at radius 1 is 1.00 bits per heavy atom. The lowest BCUT2D eigenvalue weighted by Gasteiger charge is -2.13. The molecule has 5 nitrogen and oxygen atoms in total. The van der Waals surface area contributed by atoms with E-state index in [-0.39, 0.29) is 34.3 Å². The van der Waals surface area contributed by atoms with Crippen molar-refractivity contribution in [3.05, 3.63) is 33.5 Å². The SMILES string of the molecule is CC(C)Oc1ncnc(Oc2cc(Cl)c(Cl)cc2Cl)c1N. The first-order valence-corrected chi connectivity index (χ1v) is 7.11. The van der Waals surface area contributed by atoms with Crippen molar-refractivity contribution in [2.75, 3.05) is 5.73 Å². The fourth-order valence-corrected chi connectivity index (χ4v) is 2.02. The van der Waals surface area contributed by atoms with Crippen molar-refractivity contribution in [2.45, 2.75) is 20.0 Å². The number of ether oxygens (including phenoxy) is 2. The predicted octanol–water partition coefficient (Wildman–Crippen LogP) is 4.60. The Hall–Kier alpha value is -1.43. The first kappa shape index (κ1) is 15.9. The molecule has 0 amide bonds. The van der Waals surface area contributed by atoms with Crippen molar-refractivity contribution in [2.24, 2.45) is 0 Å². The van der Waals surface area contributed by atoms with Gasteiger partial charge in [0.05, 0.1) is 21.2 Å². The molecule has 112 valence electrons. The molecule has 21 heavy (non-hydrogen) atoms. The molecule has 0 aliphatic rings. The van der Waals surface area contributed by atoms with E-state index in [2.05, 4.69) is 9.97 Å². The van der Waals surface area contributed by atoms with Crippen molar-refractivity contribution in [1.29, 1.82) is 0 Å². The summed E-state index contributed by atoms with van der Waals surface area (Å²) in [4.78, 5) is 7.92. The largest absolute Gasteiger partial charge is 0.473 e. The highest BCUT2D eigenvalue weighted by atomic mass is 35.5. The number of nitrogens with zero attached hydrogens (tertiary/aromatic N) is 2. The van der Waals surface area contributed by atoms with E-state index in [0.717, 1.165) is 0 Å². The molecule has 0 bridgehead atoms. The monoisotopic (exact) mass is 347 g/mol. The van der Waals surface area contributed by atoms with Crippen molar-refractivity contribution in [3.8, 4) is 17.5 Å². The zero-order valence-electron chi connectivity index (χ0n) is 11.2. The van der Waals surface area contributed by atoms with Crippen LogP contribution in [0.2, 0.25) is 15.1 Å². The average Bonchev–Trinajstić information content (AvgIpc) is 2.40. The summed E-state index contributed by atoms with van der Waals surface area (Å²) in [5.41, 5.74) is 6.09. The van der Waals surface area contributed by atoms with Gasteiger partial charge in [0.15, 0.2) is 5.69 Å². The summed E-state index contributed by atoms with van der Waals surface area (Å²) in [5.74, 6) is 0.652. The van der Waals surface area contributed by atoms with E-state index in [0.29, 0.717) is 10.0 Å². The molecule has 2 aromatic rings. The van der Waals surface area contributed by atoms with Gasteiger partial charge >= 0.3 is 0 Å². The quantitative estimate of drug-likeness (QED) is 0.818. The van der Waals surface area contributed by atoms with Crippen LogP contribution >= 0.6 is 34.8 Å². The van der Waals surface area contributed by atoms with Crippen LogP contribution in [0.25, 0.3) is 0 Å². The van der Waals surface area contributed by atoms with Crippen LogP contribution in [-0.2, 0) is 0 Å². The first-order chi connectivity index (χ1) is 9.88. The number of aromatic nitrogens is 2. The molecule has 0 saturated carbocycles. The van der Waals surface area contributed by atoms with Gasteiger partial charge in [-0.05, 0) is 19.9 Å². The predicted molar refractivity (Wildman–Crippen MR) is 83.8 cm³/mol. The summed E-state index contributed by atoms with van der Waals surface area (Å²) in [6.07, 6.45) is 1.21. The highest BCUT2D eigenvalue weighted by molar-refractivity contribution is 6.43. The van der Waals surface area contributed by atoms with Crippen molar-refractivity contribution >= 4 is 40.5 Å². The standard InChI is InChI=1S/C13H12Cl3N3O2/c1-6(2)20-12-11(17)13(19-5-18-12)21-10-4-8(15)7(14)3-9(10)16/h3-6H,17H2,1-2H3. The summed E-state index contributed by atoms with van der Waals surface area (Å²) < 4.78 is 11.0. The van der Waals surface area contributed by atoms with Crippen molar-refractivity contribution in [1.82, 2.24) is 9.97 Å². The lowest BCUT2D eigenvalue weighted by molar-refractivity contribution is 0.233. The smallest absolute Gasteiger partial charge is 0.249 e. The lowest BCUT2D eigenvalue weighted by Crippen LogP contribution is -2.10. The van der Waals surface area contributed by atoms with Gasteiger partial charge in [-0.15, -0.1) is 0 Å². The molecule has 1 heterocycles. The zero-order chi connectivity index (χ0) is 15.6.